The van der Waals surface area contributed by atoms with Crippen molar-refractivity contribution in [3.63, 3.8) is 0 Å². The van der Waals surface area contributed by atoms with E-state index in [0.717, 1.165) is 11.1 Å². The van der Waals surface area contributed by atoms with Gasteiger partial charge in [-0.15, -0.1) is 0 Å². The molecule has 0 aromatic heterocycles. The van der Waals surface area contributed by atoms with E-state index < -0.39 is 13.3 Å². The highest BCUT2D eigenvalue weighted by atomic mass is 31.2. The van der Waals surface area contributed by atoms with Crippen molar-refractivity contribution in [2.24, 2.45) is 0 Å². The highest BCUT2D eigenvalue weighted by Gasteiger charge is 2.42. The first-order valence-electron chi connectivity index (χ1n) is 6.95. The quantitative estimate of drug-likeness (QED) is 0.853. The molecule has 2 aromatic rings. The van der Waals surface area contributed by atoms with Gasteiger partial charge >= 0.3 is 7.60 Å². The molecule has 1 aliphatic heterocycles. The van der Waals surface area contributed by atoms with E-state index in [1.54, 1.807) is 0 Å². The molecule has 1 heterocycles. The number of hydrogen-bond donors (Lipinski definition) is 2. The minimum Gasteiger partial charge on any atom is -0.324 e. The fraction of sp³-hybridized carbons (Fsp3) is 0.250. The Hall–Kier alpha value is -1.45. The van der Waals surface area contributed by atoms with Crippen LogP contribution in [-0.2, 0) is 4.57 Å². The Labute approximate surface area is 124 Å². The standard InChI is InChI=1S/C16H18NO3P/c18-21(19,20)15-11-17(12-15)16(13-7-3-1-4-8-13)14-9-5-2-6-10-14/h1-10,15-16H,11-12H2,(H2,18,19,20). The Morgan fingerprint density at radius 3 is 1.71 bits per heavy atom. The summed E-state index contributed by atoms with van der Waals surface area (Å²) in [6.45, 7) is 0.859. The van der Waals surface area contributed by atoms with E-state index >= 15 is 0 Å². The van der Waals surface area contributed by atoms with Crippen molar-refractivity contribution in [3.8, 4) is 0 Å². The van der Waals surface area contributed by atoms with Crippen LogP contribution in [0.3, 0.4) is 0 Å². The normalized spacial score (nSPS) is 16.9. The summed E-state index contributed by atoms with van der Waals surface area (Å²) in [6, 6.07) is 20.2. The zero-order chi connectivity index (χ0) is 14.9. The molecule has 0 aliphatic carbocycles. The van der Waals surface area contributed by atoms with Gasteiger partial charge in [0.25, 0.3) is 0 Å². The fourth-order valence-electron chi connectivity index (χ4n) is 2.80. The second-order valence-electron chi connectivity index (χ2n) is 5.42. The first-order chi connectivity index (χ1) is 10.1. The van der Waals surface area contributed by atoms with Crippen molar-refractivity contribution in [1.29, 1.82) is 0 Å². The first kappa shape index (κ1) is 14.5. The summed E-state index contributed by atoms with van der Waals surface area (Å²) in [5.41, 5.74) is 1.76. The highest BCUT2D eigenvalue weighted by molar-refractivity contribution is 7.52. The van der Waals surface area contributed by atoms with Crippen molar-refractivity contribution in [3.05, 3.63) is 71.8 Å². The Bertz CT molecular complexity index is 596. The maximum absolute atomic E-state index is 11.3. The second kappa shape index (κ2) is 5.74. The summed E-state index contributed by atoms with van der Waals surface area (Å²) < 4.78 is 11.3. The lowest BCUT2D eigenvalue weighted by Gasteiger charge is -2.44. The van der Waals surface area contributed by atoms with E-state index in [1.165, 1.54) is 0 Å². The molecule has 1 fully saturated rings. The smallest absolute Gasteiger partial charge is 0.324 e. The minimum atomic E-state index is -3.97. The van der Waals surface area contributed by atoms with E-state index in [1.807, 2.05) is 36.4 Å². The van der Waals surface area contributed by atoms with Crippen molar-refractivity contribution in [1.82, 2.24) is 4.90 Å². The maximum Gasteiger partial charge on any atom is 0.331 e. The van der Waals surface area contributed by atoms with Crippen molar-refractivity contribution in [2.45, 2.75) is 11.7 Å². The van der Waals surface area contributed by atoms with Crippen LogP contribution in [0.15, 0.2) is 60.7 Å². The van der Waals surface area contributed by atoms with E-state index in [2.05, 4.69) is 29.2 Å². The van der Waals surface area contributed by atoms with Gasteiger partial charge in [-0.2, -0.15) is 0 Å². The zero-order valence-electron chi connectivity index (χ0n) is 11.5. The van der Waals surface area contributed by atoms with Gasteiger partial charge in [-0.3, -0.25) is 9.46 Å². The van der Waals surface area contributed by atoms with E-state index in [-0.39, 0.29) is 6.04 Å². The molecule has 0 saturated carbocycles. The predicted molar refractivity (Wildman–Crippen MR) is 82.1 cm³/mol. The lowest BCUT2D eigenvalue weighted by molar-refractivity contribution is 0.130. The molecule has 2 N–H and O–H groups in total. The number of benzene rings is 2. The Kier molecular flexibility index (Phi) is 3.96. The summed E-state index contributed by atoms with van der Waals surface area (Å²) in [7, 11) is -3.97. The van der Waals surface area contributed by atoms with Gasteiger partial charge in [0.2, 0.25) is 0 Å². The van der Waals surface area contributed by atoms with Gasteiger partial charge in [-0.05, 0) is 11.1 Å². The first-order valence-corrected chi connectivity index (χ1v) is 8.63. The molecule has 0 radical (unpaired) electrons. The summed E-state index contributed by atoms with van der Waals surface area (Å²) in [6.07, 6.45) is 0. The van der Waals surface area contributed by atoms with E-state index in [9.17, 15) is 14.4 Å². The largest absolute Gasteiger partial charge is 0.331 e. The number of nitrogens with zero attached hydrogens (tertiary/aromatic N) is 1. The third kappa shape index (κ3) is 3.09. The summed E-state index contributed by atoms with van der Waals surface area (Å²) >= 11 is 0. The van der Waals surface area contributed by atoms with Gasteiger partial charge < -0.3 is 9.79 Å². The molecule has 110 valence electrons. The predicted octanol–water partition coefficient (Wildman–Crippen LogP) is 2.64. The van der Waals surface area contributed by atoms with Gasteiger partial charge in [-0.25, -0.2) is 0 Å². The topological polar surface area (TPSA) is 60.8 Å². The number of rotatable bonds is 4. The lowest BCUT2D eigenvalue weighted by Crippen LogP contribution is -2.52. The van der Waals surface area contributed by atoms with Gasteiger partial charge in [0, 0.05) is 13.1 Å². The summed E-state index contributed by atoms with van der Waals surface area (Å²) in [4.78, 5) is 20.6. The SMILES string of the molecule is O=P(O)(O)C1CN(C(c2ccccc2)c2ccccc2)C1. The Balaban J connectivity index is 1.87. The summed E-state index contributed by atoms with van der Waals surface area (Å²) in [5, 5.41) is 0. The molecular formula is C16H18NO3P. The van der Waals surface area contributed by atoms with Crippen LogP contribution in [0, 0.1) is 0 Å². The van der Waals surface area contributed by atoms with Crippen LogP contribution in [0.5, 0.6) is 0 Å². The average Bonchev–Trinajstić information content (AvgIpc) is 2.42. The molecule has 0 amide bonds. The molecule has 0 unspecified atom stereocenters. The molecule has 0 spiro atoms. The molecule has 0 atom stereocenters. The van der Waals surface area contributed by atoms with Gasteiger partial charge in [0.15, 0.2) is 0 Å². The lowest BCUT2D eigenvalue weighted by atomic mass is 9.94. The highest BCUT2D eigenvalue weighted by Crippen LogP contribution is 2.48. The molecule has 5 heteroatoms. The Morgan fingerprint density at radius 1 is 0.905 bits per heavy atom. The average molecular weight is 303 g/mol. The third-order valence-corrected chi connectivity index (χ3v) is 5.24. The van der Waals surface area contributed by atoms with Crippen LogP contribution >= 0.6 is 7.60 Å². The zero-order valence-corrected chi connectivity index (χ0v) is 12.4. The molecule has 2 aromatic carbocycles. The number of hydrogen-bond acceptors (Lipinski definition) is 2. The third-order valence-electron chi connectivity index (χ3n) is 3.96. The van der Waals surface area contributed by atoms with E-state index in [0.29, 0.717) is 13.1 Å². The van der Waals surface area contributed by atoms with Crippen molar-refractivity contribution < 1.29 is 14.4 Å². The molecule has 0 bridgehead atoms. The van der Waals surface area contributed by atoms with Crippen molar-refractivity contribution in [2.75, 3.05) is 13.1 Å². The van der Waals surface area contributed by atoms with Crippen molar-refractivity contribution >= 4 is 7.60 Å². The van der Waals surface area contributed by atoms with Crippen LogP contribution in [0.4, 0.5) is 0 Å². The molecular weight excluding hydrogens is 285 g/mol. The van der Waals surface area contributed by atoms with Crippen LogP contribution < -0.4 is 0 Å². The fourth-order valence-corrected chi connectivity index (χ4v) is 3.64. The van der Waals surface area contributed by atoms with Crippen LogP contribution in [0.2, 0.25) is 0 Å². The molecule has 1 aliphatic rings. The second-order valence-corrected chi connectivity index (χ2v) is 7.33. The maximum atomic E-state index is 11.3. The Morgan fingerprint density at radius 2 is 1.33 bits per heavy atom. The van der Waals surface area contributed by atoms with E-state index in [4.69, 9.17) is 0 Å². The van der Waals surface area contributed by atoms with Crippen LogP contribution in [0.1, 0.15) is 17.2 Å². The van der Waals surface area contributed by atoms with Crippen LogP contribution in [0.25, 0.3) is 0 Å². The molecule has 1 saturated heterocycles. The van der Waals surface area contributed by atoms with Crippen LogP contribution in [-0.4, -0.2) is 33.4 Å². The van der Waals surface area contributed by atoms with Gasteiger partial charge in [0.05, 0.1) is 11.7 Å². The van der Waals surface area contributed by atoms with Gasteiger partial charge in [-0.1, -0.05) is 60.7 Å². The molecule has 4 nitrogen and oxygen atoms in total. The minimum absolute atomic E-state index is 0.0511. The van der Waals surface area contributed by atoms with Gasteiger partial charge in [0.1, 0.15) is 0 Å². The number of likely N-dealkylation sites (tertiary alicyclic amines) is 1. The summed E-state index contributed by atoms with van der Waals surface area (Å²) in [5.74, 6) is 0. The monoisotopic (exact) mass is 303 g/mol. The molecule has 3 rings (SSSR count). The molecule has 21 heavy (non-hydrogen) atoms.